The van der Waals surface area contributed by atoms with Crippen LogP contribution in [0.25, 0.3) is 0 Å². The number of methoxy groups -OCH3 is 3. The summed E-state index contributed by atoms with van der Waals surface area (Å²) in [5.41, 5.74) is 1.18. The van der Waals surface area contributed by atoms with Gasteiger partial charge < -0.3 is 24.8 Å². The van der Waals surface area contributed by atoms with E-state index in [4.69, 9.17) is 14.2 Å². The van der Waals surface area contributed by atoms with Crippen LogP contribution in [-0.2, 0) is 27.0 Å². The molecular weight excluding hydrogens is 534 g/mol. The van der Waals surface area contributed by atoms with Crippen molar-refractivity contribution in [2.75, 3.05) is 38.5 Å². The molecule has 42 heavy (non-hydrogen) atoms. The SMILES string of the molecule is CCc1ccc2c(c1)[C@@]1(C(=O)N2)N2CCC[C@@H]2[C@@H](C(=O)c2cc(OC)c(OC)c(OC)c2)[C@@]12C(=O)Nc1ccccc12. The lowest BCUT2D eigenvalue weighted by molar-refractivity contribution is -0.137. The van der Waals surface area contributed by atoms with E-state index in [-0.39, 0.29) is 23.6 Å². The fraction of sp³-hybridized carbons (Fsp3) is 0.364. The Balaban J connectivity index is 1.55. The Labute approximate surface area is 244 Å². The summed E-state index contributed by atoms with van der Waals surface area (Å²) in [5.74, 6) is -0.664. The average Bonchev–Trinajstić information content (AvgIpc) is 3.74. The maximum absolute atomic E-state index is 15.0. The van der Waals surface area contributed by atoms with E-state index in [1.54, 1.807) is 12.1 Å². The molecule has 4 aliphatic heterocycles. The Hall–Kier alpha value is -4.37. The van der Waals surface area contributed by atoms with E-state index >= 15 is 4.79 Å². The predicted molar refractivity (Wildman–Crippen MR) is 157 cm³/mol. The third-order valence-electron chi connectivity index (χ3n) is 9.80. The van der Waals surface area contributed by atoms with Crippen molar-refractivity contribution in [2.45, 2.75) is 43.2 Å². The second-order valence-corrected chi connectivity index (χ2v) is 11.4. The molecule has 9 nitrogen and oxygen atoms in total. The second-order valence-electron chi connectivity index (χ2n) is 11.4. The standard InChI is InChI=1S/C33H33N3O6/c1-5-18-12-13-23-21(15-18)33(31(39)35-23)32(20-9-6-7-10-22(20)34-30(32)38)27(24-11-8-14-36(24)33)28(37)19-16-25(40-2)29(42-4)26(17-19)41-3/h6-7,9-10,12-13,15-17,24,27H,5,8,11,14H2,1-4H3,(H,34,38)(H,35,39)/t24-,27+,32+,33+/m1/s1. The number of Topliss-reactive ketones (excluding diaryl/α,β-unsaturated/α-hetero) is 1. The van der Waals surface area contributed by atoms with Gasteiger partial charge in [0.05, 0.1) is 27.2 Å². The van der Waals surface area contributed by atoms with Crippen molar-refractivity contribution in [3.8, 4) is 17.2 Å². The van der Waals surface area contributed by atoms with Gasteiger partial charge in [0, 0.05) is 28.5 Å². The number of para-hydroxylation sites is 1. The Kier molecular flexibility index (Phi) is 5.89. The van der Waals surface area contributed by atoms with Gasteiger partial charge in [0.2, 0.25) is 11.7 Å². The lowest BCUT2D eigenvalue weighted by Gasteiger charge is -2.43. The van der Waals surface area contributed by atoms with Crippen molar-refractivity contribution >= 4 is 29.0 Å². The summed E-state index contributed by atoms with van der Waals surface area (Å²) >= 11 is 0. The van der Waals surface area contributed by atoms with E-state index in [2.05, 4.69) is 22.5 Å². The monoisotopic (exact) mass is 567 g/mol. The van der Waals surface area contributed by atoms with Crippen LogP contribution in [0.5, 0.6) is 17.2 Å². The van der Waals surface area contributed by atoms with Crippen molar-refractivity contribution in [1.82, 2.24) is 4.90 Å². The van der Waals surface area contributed by atoms with Gasteiger partial charge in [0.15, 0.2) is 17.3 Å². The number of rotatable bonds is 6. The van der Waals surface area contributed by atoms with Crippen LogP contribution < -0.4 is 24.8 Å². The molecule has 0 saturated carbocycles. The number of ketones is 1. The van der Waals surface area contributed by atoms with E-state index in [1.165, 1.54) is 21.3 Å². The summed E-state index contributed by atoms with van der Waals surface area (Å²) in [5, 5.41) is 6.20. The average molecular weight is 568 g/mol. The van der Waals surface area contributed by atoms with E-state index < -0.39 is 16.9 Å². The van der Waals surface area contributed by atoms with Gasteiger partial charge in [-0.15, -0.1) is 0 Å². The molecule has 3 aromatic rings. The Bertz CT molecular complexity index is 1640. The van der Waals surface area contributed by atoms with Crippen LogP contribution in [-0.4, -0.2) is 56.4 Å². The number of hydrogen-bond donors (Lipinski definition) is 2. The van der Waals surface area contributed by atoms with E-state index in [0.29, 0.717) is 52.7 Å². The highest BCUT2D eigenvalue weighted by molar-refractivity contribution is 6.21. The number of fused-ring (bicyclic) bond motifs is 7. The Morgan fingerprint density at radius 2 is 1.60 bits per heavy atom. The minimum Gasteiger partial charge on any atom is -0.493 e. The number of nitrogens with zero attached hydrogens (tertiary/aromatic N) is 1. The van der Waals surface area contributed by atoms with Crippen molar-refractivity contribution in [3.05, 3.63) is 76.9 Å². The molecule has 4 aliphatic rings. The van der Waals surface area contributed by atoms with Crippen molar-refractivity contribution < 1.29 is 28.6 Å². The van der Waals surface area contributed by atoms with Crippen LogP contribution in [0.3, 0.4) is 0 Å². The first-order valence-corrected chi connectivity index (χ1v) is 14.3. The number of nitrogens with one attached hydrogen (secondary N) is 2. The van der Waals surface area contributed by atoms with Gasteiger partial charge in [-0.05, 0) is 61.2 Å². The lowest BCUT2D eigenvalue weighted by atomic mass is 9.57. The number of anilines is 2. The Morgan fingerprint density at radius 3 is 2.29 bits per heavy atom. The van der Waals surface area contributed by atoms with Gasteiger partial charge in [0.1, 0.15) is 11.0 Å². The highest BCUT2D eigenvalue weighted by Gasteiger charge is 2.81. The smallest absolute Gasteiger partial charge is 0.251 e. The molecular formula is C33H33N3O6. The number of ether oxygens (including phenoxy) is 3. The summed E-state index contributed by atoms with van der Waals surface area (Å²) in [6.45, 7) is 2.65. The maximum Gasteiger partial charge on any atom is 0.251 e. The molecule has 2 spiro atoms. The topological polar surface area (TPSA) is 106 Å². The van der Waals surface area contributed by atoms with Crippen LogP contribution >= 0.6 is 0 Å². The second kappa shape index (κ2) is 9.32. The molecule has 216 valence electrons. The molecule has 3 aromatic carbocycles. The first kappa shape index (κ1) is 26.5. The minimum absolute atomic E-state index is 0.247. The number of carbonyl (C=O) groups excluding carboxylic acids is 3. The van der Waals surface area contributed by atoms with Crippen LogP contribution in [0.1, 0.15) is 46.8 Å². The number of benzene rings is 3. The molecule has 7 rings (SSSR count). The molecule has 0 aromatic heterocycles. The summed E-state index contributed by atoms with van der Waals surface area (Å²) in [7, 11) is 4.51. The van der Waals surface area contributed by atoms with Gasteiger partial charge in [-0.2, -0.15) is 0 Å². The molecule has 0 aliphatic carbocycles. The van der Waals surface area contributed by atoms with Crippen LogP contribution in [0.2, 0.25) is 0 Å². The third kappa shape index (κ3) is 3.04. The zero-order valence-corrected chi connectivity index (χ0v) is 24.1. The largest absolute Gasteiger partial charge is 0.493 e. The number of amides is 2. The molecule has 0 radical (unpaired) electrons. The molecule has 4 atom stereocenters. The maximum atomic E-state index is 15.0. The highest BCUT2D eigenvalue weighted by atomic mass is 16.5. The van der Waals surface area contributed by atoms with Gasteiger partial charge in [-0.3, -0.25) is 19.3 Å². The van der Waals surface area contributed by atoms with E-state index in [1.807, 2.05) is 42.5 Å². The zero-order chi connectivity index (χ0) is 29.4. The first-order chi connectivity index (χ1) is 20.4. The van der Waals surface area contributed by atoms with Crippen molar-refractivity contribution in [2.24, 2.45) is 5.92 Å². The molecule has 0 bridgehead atoms. The summed E-state index contributed by atoms with van der Waals surface area (Å²) < 4.78 is 16.7. The zero-order valence-electron chi connectivity index (χ0n) is 24.1. The normalized spacial score (nSPS) is 27.0. The van der Waals surface area contributed by atoms with Crippen LogP contribution in [0.15, 0.2) is 54.6 Å². The molecule has 2 fully saturated rings. The number of aryl methyl sites for hydroxylation is 1. The summed E-state index contributed by atoms with van der Waals surface area (Å²) in [4.78, 5) is 46.5. The minimum atomic E-state index is -1.52. The number of hydrogen-bond acceptors (Lipinski definition) is 7. The summed E-state index contributed by atoms with van der Waals surface area (Å²) in [6, 6.07) is 16.4. The van der Waals surface area contributed by atoms with Crippen LogP contribution in [0.4, 0.5) is 11.4 Å². The van der Waals surface area contributed by atoms with Crippen molar-refractivity contribution in [1.29, 1.82) is 0 Å². The quantitative estimate of drug-likeness (QED) is 0.428. The van der Waals surface area contributed by atoms with Crippen LogP contribution in [0, 0.1) is 5.92 Å². The van der Waals surface area contributed by atoms with Gasteiger partial charge in [-0.1, -0.05) is 37.3 Å². The third-order valence-corrected chi connectivity index (χ3v) is 9.80. The highest BCUT2D eigenvalue weighted by Crippen LogP contribution is 2.68. The van der Waals surface area contributed by atoms with E-state index in [0.717, 1.165) is 24.0 Å². The van der Waals surface area contributed by atoms with Gasteiger partial charge >= 0.3 is 0 Å². The Morgan fingerprint density at radius 1 is 0.905 bits per heavy atom. The fourth-order valence-electron chi connectivity index (χ4n) is 8.25. The molecule has 4 heterocycles. The number of carbonyl (C=O) groups is 3. The molecule has 2 amide bonds. The van der Waals surface area contributed by atoms with Crippen molar-refractivity contribution in [3.63, 3.8) is 0 Å². The molecule has 2 N–H and O–H groups in total. The molecule has 0 unspecified atom stereocenters. The predicted octanol–water partition coefficient (Wildman–Crippen LogP) is 4.29. The summed E-state index contributed by atoms with van der Waals surface area (Å²) in [6.07, 6.45) is 2.25. The lowest BCUT2D eigenvalue weighted by Crippen LogP contribution is -2.62. The molecule has 2 saturated heterocycles. The first-order valence-electron chi connectivity index (χ1n) is 14.3. The van der Waals surface area contributed by atoms with Gasteiger partial charge in [0.25, 0.3) is 5.91 Å². The molecule has 9 heteroatoms. The van der Waals surface area contributed by atoms with Gasteiger partial charge in [-0.25, -0.2) is 0 Å². The van der Waals surface area contributed by atoms with E-state index in [9.17, 15) is 9.59 Å². The fourth-order valence-corrected chi connectivity index (χ4v) is 8.25.